The van der Waals surface area contributed by atoms with Crippen LogP contribution in [0.5, 0.6) is 5.75 Å². The van der Waals surface area contributed by atoms with Crippen LogP contribution in [0.4, 0.5) is 0 Å². The highest BCUT2D eigenvalue weighted by Gasteiger charge is 2.45. The molecule has 0 heterocycles. The molecule has 43 heavy (non-hydrogen) atoms. The number of carbonyl (C=O) groups excluding carboxylic acids is 2. The number of carbonyl (C=O) groups is 6. The quantitative estimate of drug-likeness (QED) is 0.136. The van der Waals surface area contributed by atoms with Crippen molar-refractivity contribution in [2.75, 3.05) is 13.2 Å². The zero-order valence-electron chi connectivity index (χ0n) is 23.3. The van der Waals surface area contributed by atoms with Gasteiger partial charge >= 0.3 is 29.8 Å². The van der Waals surface area contributed by atoms with Gasteiger partial charge in [-0.3, -0.25) is 19.2 Å². The van der Waals surface area contributed by atoms with Crippen LogP contribution >= 0.6 is 0 Å². The highest BCUT2D eigenvalue weighted by atomic mass is 16.6. The molecular formula is C28H33NO14. The average molecular weight is 608 g/mol. The van der Waals surface area contributed by atoms with Crippen molar-refractivity contribution in [3.05, 3.63) is 42.5 Å². The standard InChI is InChI=1S/C28H33NO14/c1-16(2)29(21(30)10-27(40,25(37)38)11-22(31)32)14-18(43-26(39)28(41,12-23(33)34)13-24(35)36)15-42-20-9-5-7-17-6-3-4-8-19(17)20/h3-9,16,18,40-41H,10-15H2,1-2H3,(H,31,32)(H,33,34)(H,35,36)(H,37,38). The number of rotatable bonds is 17. The summed E-state index contributed by atoms with van der Waals surface area (Å²) in [5, 5.41) is 59.2. The Bertz CT molecular complexity index is 1350. The van der Waals surface area contributed by atoms with Crippen LogP contribution in [0.2, 0.25) is 0 Å². The van der Waals surface area contributed by atoms with E-state index in [1.54, 1.807) is 42.5 Å². The number of hydrogen-bond acceptors (Lipinski definition) is 10. The number of amides is 1. The fraction of sp³-hybridized carbons (Fsp3) is 0.429. The number of carboxylic acid groups (broad SMARTS) is 4. The second-order valence-electron chi connectivity index (χ2n) is 10.2. The summed E-state index contributed by atoms with van der Waals surface area (Å²) < 4.78 is 11.2. The van der Waals surface area contributed by atoms with Crippen molar-refractivity contribution in [2.24, 2.45) is 0 Å². The predicted molar refractivity (Wildman–Crippen MR) is 145 cm³/mol. The lowest BCUT2D eigenvalue weighted by Gasteiger charge is -2.34. The molecule has 15 heteroatoms. The van der Waals surface area contributed by atoms with Gasteiger partial charge in [0.2, 0.25) is 5.91 Å². The van der Waals surface area contributed by atoms with E-state index in [4.69, 9.17) is 24.8 Å². The van der Waals surface area contributed by atoms with Crippen LogP contribution < -0.4 is 4.74 Å². The molecular weight excluding hydrogens is 574 g/mol. The molecule has 15 nitrogen and oxygen atoms in total. The fourth-order valence-electron chi connectivity index (χ4n) is 4.23. The third-order valence-corrected chi connectivity index (χ3v) is 6.34. The first-order chi connectivity index (χ1) is 20.0. The number of aliphatic hydroxyl groups is 2. The molecule has 0 aromatic heterocycles. The number of hydrogen-bond donors (Lipinski definition) is 6. The third-order valence-electron chi connectivity index (χ3n) is 6.34. The molecule has 0 saturated carbocycles. The Morgan fingerprint density at radius 2 is 1.30 bits per heavy atom. The van der Waals surface area contributed by atoms with Gasteiger partial charge in [0, 0.05) is 11.4 Å². The minimum atomic E-state index is -2.99. The molecule has 0 radical (unpaired) electrons. The molecule has 234 valence electrons. The van der Waals surface area contributed by atoms with Gasteiger partial charge in [0.05, 0.1) is 32.2 Å². The van der Waals surface area contributed by atoms with Gasteiger partial charge in [-0.05, 0) is 25.3 Å². The number of esters is 1. The van der Waals surface area contributed by atoms with Gasteiger partial charge in [0.25, 0.3) is 0 Å². The van der Waals surface area contributed by atoms with Crippen molar-refractivity contribution < 1.29 is 68.9 Å². The van der Waals surface area contributed by atoms with E-state index in [0.29, 0.717) is 11.1 Å². The molecule has 0 aliphatic carbocycles. The van der Waals surface area contributed by atoms with Crippen molar-refractivity contribution in [2.45, 2.75) is 62.9 Å². The summed E-state index contributed by atoms with van der Waals surface area (Å²) in [4.78, 5) is 72.4. The highest BCUT2D eigenvalue weighted by molar-refractivity contribution is 5.91. The maximum absolute atomic E-state index is 13.2. The average Bonchev–Trinajstić information content (AvgIpc) is 2.88. The molecule has 0 spiro atoms. The van der Waals surface area contributed by atoms with Crippen LogP contribution in [0.25, 0.3) is 10.8 Å². The summed E-state index contributed by atoms with van der Waals surface area (Å²) in [5.41, 5.74) is -5.96. The lowest BCUT2D eigenvalue weighted by molar-refractivity contribution is -0.182. The van der Waals surface area contributed by atoms with E-state index in [9.17, 15) is 44.1 Å². The van der Waals surface area contributed by atoms with Crippen LogP contribution in [0, 0.1) is 0 Å². The van der Waals surface area contributed by atoms with Gasteiger partial charge in [-0.2, -0.15) is 0 Å². The van der Waals surface area contributed by atoms with E-state index in [1.165, 1.54) is 13.8 Å². The number of carboxylic acids is 4. The van der Waals surface area contributed by atoms with Crippen LogP contribution in [0.15, 0.2) is 42.5 Å². The molecule has 6 N–H and O–H groups in total. The normalized spacial score (nSPS) is 13.5. The Hall–Kier alpha value is -4.76. The molecule has 0 fully saturated rings. The molecule has 2 rings (SSSR count). The van der Waals surface area contributed by atoms with E-state index >= 15 is 0 Å². The number of aliphatic carboxylic acids is 4. The first kappa shape index (κ1) is 34.4. The lowest BCUT2D eigenvalue weighted by atomic mass is 9.94. The van der Waals surface area contributed by atoms with Crippen molar-refractivity contribution in [1.29, 1.82) is 0 Å². The second kappa shape index (κ2) is 14.4. The Labute approximate surface area is 244 Å². The molecule has 1 amide bonds. The molecule has 0 aliphatic rings. The van der Waals surface area contributed by atoms with E-state index in [2.05, 4.69) is 0 Å². The summed E-state index contributed by atoms with van der Waals surface area (Å²) in [6.07, 6.45) is -6.59. The molecule has 2 atom stereocenters. The van der Waals surface area contributed by atoms with E-state index in [-0.39, 0.29) is 0 Å². The molecule has 0 bridgehead atoms. The maximum Gasteiger partial charge on any atom is 0.339 e. The number of fused-ring (bicyclic) bond motifs is 1. The van der Waals surface area contributed by atoms with Gasteiger partial charge in [0.1, 0.15) is 12.4 Å². The summed E-state index contributed by atoms with van der Waals surface area (Å²) in [7, 11) is 0. The SMILES string of the molecule is CC(C)N(CC(COc1cccc2ccccc12)OC(=O)C(O)(CC(=O)O)CC(=O)O)C(=O)CC(O)(CC(=O)O)C(=O)O. The zero-order chi connectivity index (χ0) is 32.5. The first-order valence-corrected chi connectivity index (χ1v) is 12.9. The lowest BCUT2D eigenvalue weighted by Crippen LogP contribution is -2.52. The van der Waals surface area contributed by atoms with E-state index in [0.717, 1.165) is 10.3 Å². The topological polar surface area (TPSA) is 245 Å². The Morgan fingerprint density at radius 1 is 0.767 bits per heavy atom. The smallest absolute Gasteiger partial charge is 0.339 e. The molecule has 0 saturated heterocycles. The van der Waals surface area contributed by atoms with Gasteiger partial charge < -0.3 is 45.0 Å². The Balaban J connectivity index is 2.43. The monoisotopic (exact) mass is 607 g/mol. The van der Waals surface area contributed by atoms with E-state index in [1.807, 2.05) is 0 Å². The second-order valence-corrected chi connectivity index (χ2v) is 10.2. The molecule has 0 aliphatic heterocycles. The molecule has 2 aromatic rings. The third kappa shape index (κ3) is 9.65. The zero-order valence-corrected chi connectivity index (χ0v) is 23.3. The largest absolute Gasteiger partial charge is 0.489 e. The summed E-state index contributed by atoms with van der Waals surface area (Å²) >= 11 is 0. The predicted octanol–water partition coefficient (Wildman–Crippen LogP) is 0.728. The first-order valence-electron chi connectivity index (χ1n) is 12.9. The molecule has 2 unspecified atom stereocenters. The van der Waals surface area contributed by atoms with Crippen LogP contribution in [0.3, 0.4) is 0 Å². The van der Waals surface area contributed by atoms with Gasteiger partial charge in [-0.15, -0.1) is 0 Å². The van der Waals surface area contributed by atoms with Crippen molar-refractivity contribution in [1.82, 2.24) is 4.90 Å². The fourth-order valence-corrected chi connectivity index (χ4v) is 4.23. The van der Waals surface area contributed by atoms with Crippen LogP contribution in [-0.2, 0) is 33.5 Å². The van der Waals surface area contributed by atoms with Crippen molar-refractivity contribution in [3.8, 4) is 5.75 Å². The minimum Gasteiger partial charge on any atom is -0.489 e. The highest BCUT2D eigenvalue weighted by Crippen LogP contribution is 2.27. The number of benzene rings is 2. The van der Waals surface area contributed by atoms with Gasteiger partial charge in [0.15, 0.2) is 17.3 Å². The van der Waals surface area contributed by atoms with Gasteiger partial charge in [-0.1, -0.05) is 36.4 Å². The minimum absolute atomic E-state index is 0.314. The van der Waals surface area contributed by atoms with Crippen molar-refractivity contribution in [3.63, 3.8) is 0 Å². The Morgan fingerprint density at radius 3 is 1.84 bits per heavy atom. The number of nitrogens with zero attached hydrogens (tertiary/aromatic N) is 1. The van der Waals surface area contributed by atoms with Gasteiger partial charge in [-0.25, -0.2) is 9.59 Å². The maximum atomic E-state index is 13.2. The van der Waals surface area contributed by atoms with E-state index < -0.39 is 97.9 Å². The number of ether oxygens (including phenoxy) is 2. The van der Waals surface area contributed by atoms with Crippen molar-refractivity contribution >= 4 is 46.5 Å². The van der Waals surface area contributed by atoms with Crippen LogP contribution in [-0.4, -0.2) is 108 Å². The summed E-state index contributed by atoms with van der Waals surface area (Å²) in [6.45, 7) is 1.91. The Kier molecular flexibility index (Phi) is 11.5. The summed E-state index contributed by atoms with van der Waals surface area (Å²) in [6, 6.07) is 11.4. The summed E-state index contributed by atoms with van der Waals surface area (Å²) in [5.74, 6) is -9.40. The molecule has 2 aromatic carbocycles. The van der Waals surface area contributed by atoms with Crippen LogP contribution in [0.1, 0.15) is 39.5 Å².